The molecule has 5 heteroatoms. The molecular weight excluding hydrogens is 226 g/mol. The zero-order valence-corrected chi connectivity index (χ0v) is 10.9. The van der Waals surface area contributed by atoms with Crippen LogP contribution in [0.4, 0.5) is 0 Å². The van der Waals surface area contributed by atoms with Crippen LogP contribution in [0.1, 0.15) is 32.6 Å². The zero-order chi connectivity index (χ0) is 11.8. The number of piperidine rings is 1. The second-order valence-electron chi connectivity index (χ2n) is 4.93. The summed E-state index contributed by atoms with van der Waals surface area (Å²) in [6, 6.07) is 0. The molecule has 1 unspecified atom stereocenters. The predicted octanol–water partition coefficient (Wildman–Crippen LogP) is 1.23. The van der Waals surface area contributed by atoms with Gasteiger partial charge in [0.05, 0.1) is 11.9 Å². The largest absolute Gasteiger partial charge is 0.381 e. The van der Waals surface area contributed by atoms with Crippen molar-refractivity contribution in [3.63, 3.8) is 0 Å². The topological polar surface area (TPSA) is 46.6 Å². The van der Waals surface area contributed by atoms with Crippen molar-refractivity contribution >= 4 is 10.0 Å². The first kappa shape index (κ1) is 12.3. The number of sulfonamides is 1. The van der Waals surface area contributed by atoms with E-state index < -0.39 is 10.0 Å². The summed E-state index contributed by atoms with van der Waals surface area (Å²) in [5, 5.41) is 0. The molecule has 2 fully saturated rings. The van der Waals surface area contributed by atoms with Gasteiger partial charge >= 0.3 is 0 Å². The van der Waals surface area contributed by atoms with Gasteiger partial charge in [-0.3, -0.25) is 0 Å². The van der Waals surface area contributed by atoms with Gasteiger partial charge in [0.2, 0.25) is 10.0 Å². The number of nitrogens with zero attached hydrogens (tertiary/aromatic N) is 1. The average molecular weight is 247 g/mol. The summed E-state index contributed by atoms with van der Waals surface area (Å²) < 4.78 is 30.5. The SMILES string of the molecule is CCS(=O)(=O)N1CCC2(CCC2OC)CC1. The van der Waals surface area contributed by atoms with Crippen molar-refractivity contribution in [3.05, 3.63) is 0 Å². The molecule has 1 aliphatic heterocycles. The van der Waals surface area contributed by atoms with E-state index >= 15 is 0 Å². The summed E-state index contributed by atoms with van der Waals surface area (Å²) in [6.07, 6.45) is 4.62. The summed E-state index contributed by atoms with van der Waals surface area (Å²) in [5.74, 6) is 0.216. The fraction of sp³-hybridized carbons (Fsp3) is 1.00. The van der Waals surface area contributed by atoms with Crippen LogP contribution in [-0.4, -0.2) is 44.8 Å². The molecule has 2 aliphatic rings. The highest BCUT2D eigenvalue weighted by Crippen LogP contribution is 2.50. The lowest BCUT2D eigenvalue weighted by molar-refractivity contribution is -0.113. The third-order valence-corrected chi connectivity index (χ3v) is 6.23. The van der Waals surface area contributed by atoms with Crippen molar-refractivity contribution in [2.45, 2.75) is 38.7 Å². The minimum Gasteiger partial charge on any atom is -0.381 e. The fourth-order valence-electron chi connectivity index (χ4n) is 3.00. The molecule has 0 aromatic carbocycles. The van der Waals surface area contributed by atoms with Gasteiger partial charge in [-0.05, 0) is 38.0 Å². The molecule has 1 saturated heterocycles. The van der Waals surface area contributed by atoms with Crippen molar-refractivity contribution < 1.29 is 13.2 Å². The van der Waals surface area contributed by atoms with E-state index in [1.807, 2.05) is 0 Å². The number of hydrogen-bond donors (Lipinski definition) is 0. The average Bonchev–Trinajstić information content (AvgIpc) is 2.28. The van der Waals surface area contributed by atoms with Gasteiger partial charge in [-0.15, -0.1) is 0 Å². The van der Waals surface area contributed by atoms with E-state index in [9.17, 15) is 8.42 Å². The van der Waals surface area contributed by atoms with Crippen LogP contribution in [0.25, 0.3) is 0 Å². The molecule has 0 N–H and O–H groups in total. The molecule has 1 atom stereocenters. The van der Waals surface area contributed by atoms with Crippen molar-refractivity contribution in [1.82, 2.24) is 4.31 Å². The van der Waals surface area contributed by atoms with Gasteiger partial charge in [0.15, 0.2) is 0 Å². The molecule has 94 valence electrons. The van der Waals surface area contributed by atoms with Gasteiger partial charge in [0.25, 0.3) is 0 Å². The highest BCUT2D eigenvalue weighted by Gasteiger charge is 2.49. The quantitative estimate of drug-likeness (QED) is 0.753. The Morgan fingerprint density at radius 2 is 1.94 bits per heavy atom. The molecule has 0 aromatic heterocycles. The summed E-state index contributed by atoms with van der Waals surface area (Å²) in [4.78, 5) is 0. The molecule has 1 heterocycles. The Kier molecular flexibility index (Phi) is 3.29. The van der Waals surface area contributed by atoms with Crippen molar-refractivity contribution in [3.8, 4) is 0 Å². The highest BCUT2D eigenvalue weighted by atomic mass is 32.2. The summed E-state index contributed by atoms with van der Waals surface area (Å²) >= 11 is 0. The molecule has 0 aromatic rings. The Hall–Kier alpha value is -0.130. The van der Waals surface area contributed by atoms with Gasteiger partial charge in [-0.1, -0.05) is 0 Å². The fourth-order valence-corrected chi connectivity index (χ4v) is 4.11. The van der Waals surface area contributed by atoms with Crippen LogP contribution in [0.15, 0.2) is 0 Å². The van der Waals surface area contributed by atoms with E-state index in [0.717, 1.165) is 19.3 Å². The van der Waals surface area contributed by atoms with E-state index in [0.29, 0.717) is 19.2 Å². The number of hydrogen-bond acceptors (Lipinski definition) is 3. The standard InChI is InChI=1S/C11H21NO3S/c1-3-16(13,14)12-8-6-11(7-9-12)5-4-10(11)15-2/h10H,3-9H2,1-2H3. The maximum Gasteiger partial charge on any atom is 0.213 e. The second-order valence-corrected chi connectivity index (χ2v) is 7.18. The molecule has 1 aliphatic carbocycles. The van der Waals surface area contributed by atoms with Gasteiger partial charge < -0.3 is 4.74 Å². The van der Waals surface area contributed by atoms with E-state index in [2.05, 4.69) is 0 Å². The Labute approximate surface area is 98.0 Å². The number of methoxy groups -OCH3 is 1. The molecule has 2 rings (SSSR count). The zero-order valence-electron chi connectivity index (χ0n) is 10.1. The lowest BCUT2D eigenvalue weighted by Crippen LogP contribution is -2.54. The van der Waals surface area contributed by atoms with Gasteiger partial charge in [0.1, 0.15) is 0 Å². The monoisotopic (exact) mass is 247 g/mol. The lowest BCUT2D eigenvalue weighted by Gasteiger charge is -2.52. The van der Waals surface area contributed by atoms with E-state index in [1.54, 1.807) is 18.3 Å². The second kappa shape index (κ2) is 4.27. The Morgan fingerprint density at radius 3 is 2.31 bits per heavy atom. The first-order valence-electron chi connectivity index (χ1n) is 6.05. The van der Waals surface area contributed by atoms with Crippen LogP contribution < -0.4 is 0 Å². The molecule has 1 spiro atoms. The first-order valence-corrected chi connectivity index (χ1v) is 7.65. The van der Waals surface area contributed by atoms with E-state index in [1.165, 1.54) is 6.42 Å². The molecular formula is C11H21NO3S. The molecule has 0 bridgehead atoms. The molecule has 1 saturated carbocycles. The van der Waals surface area contributed by atoms with E-state index in [-0.39, 0.29) is 11.2 Å². The summed E-state index contributed by atoms with van der Waals surface area (Å²) in [5.41, 5.74) is 0.286. The maximum absolute atomic E-state index is 11.7. The van der Waals surface area contributed by atoms with Crippen LogP contribution in [0.3, 0.4) is 0 Å². The molecule has 0 radical (unpaired) electrons. The number of ether oxygens (including phenoxy) is 1. The normalized spacial score (nSPS) is 30.2. The smallest absolute Gasteiger partial charge is 0.213 e. The van der Waals surface area contributed by atoms with Crippen LogP contribution in [0, 0.1) is 5.41 Å². The molecule has 0 amide bonds. The third kappa shape index (κ3) is 1.89. The Morgan fingerprint density at radius 1 is 1.31 bits per heavy atom. The van der Waals surface area contributed by atoms with Crippen LogP contribution in [-0.2, 0) is 14.8 Å². The minimum absolute atomic E-state index is 0.216. The molecule has 4 nitrogen and oxygen atoms in total. The van der Waals surface area contributed by atoms with Gasteiger partial charge in [-0.25, -0.2) is 12.7 Å². The van der Waals surface area contributed by atoms with E-state index in [4.69, 9.17) is 4.74 Å². The number of rotatable bonds is 3. The lowest BCUT2D eigenvalue weighted by atomic mass is 9.61. The van der Waals surface area contributed by atoms with Crippen molar-refractivity contribution in [2.24, 2.45) is 5.41 Å². The first-order chi connectivity index (χ1) is 7.54. The highest BCUT2D eigenvalue weighted by molar-refractivity contribution is 7.89. The Balaban J connectivity index is 1.97. The van der Waals surface area contributed by atoms with Gasteiger partial charge in [0, 0.05) is 20.2 Å². The van der Waals surface area contributed by atoms with Crippen molar-refractivity contribution in [1.29, 1.82) is 0 Å². The van der Waals surface area contributed by atoms with Gasteiger partial charge in [-0.2, -0.15) is 0 Å². The molecule has 16 heavy (non-hydrogen) atoms. The van der Waals surface area contributed by atoms with Crippen LogP contribution in [0.5, 0.6) is 0 Å². The summed E-state index contributed by atoms with van der Waals surface area (Å²) in [6.45, 7) is 3.06. The third-order valence-electron chi connectivity index (χ3n) is 4.35. The van der Waals surface area contributed by atoms with Crippen LogP contribution in [0.2, 0.25) is 0 Å². The maximum atomic E-state index is 11.7. The Bertz CT molecular complexity index is 342. The minimum atomic E-state index is -2.99. The van der Waals surface area contributed by atoms with Crippen molar-refractivity contribution in [2.75, 3.05) is 26.0 Å². The van der Waals surface area contributed by atoms with Crippen LogP contribution >= 0.6 is 0 Å². The predicted molar refractivity (Wildman–Crippen MR) is 62.7 cm³/mol. The summed E-state index contributed by atoms with van der Waals surface area (Å²) in [7, 11) is -1.22.